The Hall–Kier alpha value is -2.76. The molecule has 0 saturated carbocycles. The van der Waals surface area contributed by atoms with Crippen molar-refractivity contribution in [1.82, 2.24) is 5.32 Å². The van der Waals surface area contributed by atoms with Gasteiger partial charge in [-0.05, 0) is 36.2 Å². The average molecular weight is 465 g/mol. The van der Waals surface area contributed by atoms with Crippen LogP contribution in [0.1, 0.15) is 23.6 Å². The molecule has 4 rings (SSSR count). The molecule has 6 heteroatoms. The molecule has 0 unspecified atom stereocenters. The van der Waals surface area contributed by atoms with Gasteiger partial charge in [-0.2, -0.15) is 0 Å². The van der Waals surface area contributed by atoms with Crippen LogP contribution >= 0.6 is 23.4 Å². The standard InChI is InChI=1S/C26H25ClN2O2S/c1-17-11-13-19(14-12-17)16-29-22-9-5-6-10-23(22)32-24(26(29)31)18(2)25(30)28-15-20-7-3-4-8-21(20)27/h3-14,18,24H,15-16H2,1-2H3,(H,28,30)/t18-,24-/m1/s1. The van der Waals surface area contributed by atoms with Gasteiger partial charge in [0.2, 0.25) is 11.8 Å². The van der Waals surface area contributed by atoms with Gasteiger partial charge in [0.25, 0.3) is 0 Å². The van der Waals surface area contributed by atoms with E-state index in [1.165, 1.54) is 17.3 Å². The van der Waals surface area contributed by atoms with Crippen molar-refractivity contribution < 1.29 is 9.59 Å². The molecule has 0 bridgehead atoms. The Morgan fingerprint density at radius 3 is 2.50 bits per heavy atom. The monoisotopic (exact) mass is 464 g/mol. The second kappa shape index (κ2) is 9.80. The summed E-state index contributed by atoms with van der Waals surface area (Å²) >= 11 is 7.67. The van der Waals surface area contributed by atoms with Gasteiger partial charge in [0, 0.05) is 16.5 Å². The molecule has 1 N–H and O–H groups in total. The van der Waals surface area contributed by atoms with Crippen LogP contribution in [-0.4, -0.2) is 17.1 Å². The molecular formula is C26H25ClN2O2S. The summed E-state index contributed by atoms with van der Waals surface area (Å²) in [6.45, 7) is 4.66. The Labute approximate surface area is 198 Å². The van der Waals surface area contributed by atoms with Crippen molar-refractivity contribution in [2.24, 2.45) is 5.92 Å². The SMILES string of the molecule is Cc1ccc(CN2C(=O)[C@@H]([C@@H](C)C(=O)NCc3ccccc3Cl)Sc3ccccc32)cc1. The minimum Gasteiger partial charge on any atom is -0.352 e. The first-order valence-electron chi connectivity index (χ1n) is 10.6. The molecule has 4 nitrogen and oxygen atoms in total. The smallest absolute Gasteiger partial charge is 0.241 e. The molecule has 3 aromatic carbocycles. The van der Waals surface area contributed by atoms with Crippen LogP contribution in [0, 0.1) is 12.8 Å². The molecule has 0 aliphatic carbocycles. The van der Waals surface area contributed by atoms with Crippen LogP contribution in [0.2, 0.25) is 5.02 Å². The van der Waals surface area contributed by atoms with Crippen LogP contribution < -0.4 is 10.2 Å². The first-order chi connectivity index (χ1) is 15.4. The number of thioether (sulfide) groups is 1. The lowest BCUT2D eigenvalue weighted by atomic mass is 10.0. The second-order valence-electron chi connectivity index (χ2n) is 8.01. The zero-order chi connectivity index (χ0) is 22.7. The largest absolute Gasteiger partial charge is 0.352 e. The average Bonchev–Trinajstić information content (AvgIpc) is 2.81. The van der Waals surface area contributed by atoms with Crippen molar-refractivity contribution in [1.29, 1.82) is 0 Å². The van der Waals surface area contributed by atoms with E-state index in [2.05, 4.69) is 5.32 Å². The molecule has 0 radical (unpaired) electrons. The maximum atomic E-state index is 13.5. The van der Waals surface area contributed by atoms with Gasteiger partial charge < -0.3 is 10.2 Å². The molecule has 164 valence electrons. The molecule has 1 aliphatic heterocycles. The Kier molecular flexibility index (Phi) is 6.87. The summed E-state index contributed by atoms with van der Waals surface area (Å²) in [5.74, 6) is -0.705. The third-order valence-electron chi connectivity index (χ3n) is 5.66. The van der Waals surface area contributed by atoms with Crippen LogP contribution in [0.25, 0.3) is 0 Å². The molecular weight excluding hydrogens is 440 g/mol. The number of benzene rings is 3. The van der Waals surface area contributed by atoms with Gasteiger partial charge in [0.05, 0.1) is 18.2 Å². The van der Waals surface area contributed by atoms with Gasteiger partial charge in [-0.1, -0.05) is 78.7 Å². The Balaban J connectivity index is 1.53. The molecule has 1 heterocycles. The minimum atomic E-state index is -0.499. The van der Waals surface area contributed by atoms with Crippen LogP contribution in [0.5, 0.6) is 0 Å². The summed E-state index contributed by atoms with van der Waals surface area (Å²) in [5.41, 5.74) is 3.98. The van der Waals surface area contributed by atoms with Gasteiger partial charge >= 0.3 is 0 Å². The third-order valence-corrected chi connectivity index (χ3v) is 7.49. The predicted molar refractivity (Wildman–Crippen MR) is 131 cm³/mol. The number of anilines is 1. The van der Waals surface area contributed by atoms with Crippen molar-refractivity contribution >= 4 is 40.9 Å². The van der Waals surface area contributed by atoms with Gasteiger partial charge in [-0.25, -0.2) is 0 Å². The first kappa shape index (κ1) is 22.4. The van der Waals surface area contributed by atoms with E-state index in [1.54, 1.807) is 11.0 Å². The summed E-state index contributed by atoms with van der Waals surface area (Å²) in [4.78, 5) is 29.3. The number of carbonyl (C=O) groups is 2. The van der Waals surface area contributed by atoms with Crippen molar-refractivity contribution in [2.45, 2.75) is 37.1 Å². The fourth-order valence-corrected chi connectivity index (χ4v) is 5.20. The first-order valence-corrected chi connectivity index (χ1v) is 11.8. The number of nitrogens with one attached hydrogen (secondary N) is 1. The predicted octanol–water partition coefficient (Wildman–Crippen LogP) is 5.61. The second-order valence-corrected chi connectivity index (χ2v) is 9.60. The number of hydrogen-bond donors (Lipinski definition) is 1. The lowest BCUT2D eigenvalue weighted by molar-refractivity contribution is -0.128. The number of nitrogens with zero attached hydrogens (tertiary/aromatic N) is 1. The number of rotatable bonds is 6. The number of para-hydroxylation sites is 1. The molecule has 2 amide bonds. The van der Waals surface area contributed by atoms with E-state index >= 15 is 0 Å². The topological polar surface area (TPSA) is 49.4 Å². The van der Waals surface area contributed by atoms with Crippen molar-refractivity contribution in [3.63, 3.8) is 0 Å². The fourth-order valence-electron chi connectivity index (χ4n) is 3.72. The minimum absolute atomic E-state index is 0.0466. The number of amides is 2. The third kappa shape index (κ3) is 4.84. The van der Waals surface area contributed by atoms with Crippen LogP contribution in [0.4, 0.5) is 5.69 Å². The van der Waals surface area contributed by atoms with E-state index in [1.807, 2.05) is 80.6 Å². The van der Waals surface area contributed by atoms with Gasteiger partial charge in [-0.3, -0.25) is 9.59 Å². The fraction of sp³-hybridized carbons (Fsp3) is 0.231. The lowest BCUT2D eigenvalue weighted by Crippen LogP contribution is -2.47. The Morgan fingerprint density at radius 1 is 1.06 bits per heavy atom. The highest BCUT2D eigenvalue weighted by atomic mass is 35.5. The molecule has 0 aromatic heterocycles. The maximum Gasteiger partial charge on any atom is 0.241 e. The van der Waals surface area contributed by atoms with Crippen LogP contribution in [-0.2, 0) is 22.7 Å². The number of fused-ring (bicyclic) bond motifs is 1. The van der Waals surface area contributed by atoms with E-state index in [0.717, 1.165) is 21.7 Å². The van der Waals surface area contributed by atoms with Crippen molar-refractivity contribution in [2.75, 3.05) is 4.90 Å². The van der Waals surface area contributed by atoms with Gasteiger partial charge in [0.15, 0.2) is 0 Å². The van der Waals surface area contributed by atoms with Crippen LogP contribution in [0.3, 0.4) is 0 Å². The van der Waals surface area contributed by atoms with E-state index in [9.17, 15) is 9.59 Å². The maximum absolute atomic E-state index is 13.5. The normalized spacial score (nSPS) is 16.4. The Morgan fingerprint density at radius 2 is 1.75 bits per heavy atom. The summed E-state index contributed by atoms with van der Waals surface area (Å²) in [6, 6.07) is 23.5. The summed E-state index contributed by atoms with van der Waals surface area (Å²) in [6.07, 6.45) is 0. The molecule has 0 spiro atoms. The van der Waals surface area contributed by atoms with E-state index < -0.39 is 11.2 Å². The highest BCUT2D eigenvalue weighted by Crippen LogP contribution is 2.42. The number of hydrogen-bond acceptors (Lipinski definition) is 3. The lowest BCUT2D eigenvalue weighted by Gasteiger charge is -2.35. The number of aryl methyl sites for hydroxylation is 1. The molecule has 3 aromatic rings. The van der Waals surface area contributed by atoms with Gasteiger partial charge in [0.1, 0.15) is 5.25 Å². The van der Waals surface area contributed by atoms with Gasteiger partial charge in [-0.15, -0.1) is 11.8 Å². The Bertz CT molecular complexity index is 1130. The van der Waals surface area contributed by atoms with Crippen LogP contribution in [0.15, 0.2) is 77.7 Å². The molecule has 0 fully saturated rings. The number of carbonyl (C=O) groups excluding carboxylic acids is 2. The van der Waals surface area contributed by atoms with Crippen molar-refractivity contribution in [3.8, 4) is 0 Å². The summed E-state index contributed by atoms with van der Waals surface area (Å²) < 4.78 is 0. The zero-order valence-electron chi connectivity index (χ0n) is 18.0. The van der Waals surface area contributed by atoms with Crippen molar-refractivity contribution in [3.05, 3.63) is 94.5 Å². The zero-order valence-corrected chi connectivity index (χ0v) is 19.6. The van der Waals surface area contributed by atoms with E-state index in [4.69, 9.17) is 11.6 Å². The van der Waals surface area contributed by atoms with E-state index in [0.29, 0.717) is 18.1 Å². The quantitative estimate of drug-likeness (QED) is 0.516. The molecule has 32 heavy (non-hydrogen) atoms. The summed E-state index contributed by atoms with van der Waals surface area (Å²) in [7, 11) is 0. The molecule has 0 saturated heterocycles. The number of halogens is 1. The molecule has 2 atom stereocenters. The highest BCUT2D eigenvalue weighted by Gasteiger charge is 2.39. The molecule has 1 aliphatic rings. The van der Waals surface area contributed by atoms with E-state index in [-0.39, 0.29) is 11.8 Å². The highest BCUT2D eigenvalue weighted by molar-refractivity contribution is 8.01. The summed E-state index contributed by atoms with van der Waals surface area (Å²) in [5, 5.41) is 3.06.